The minimum Gasteiger partial charge on any atom is -0.370 e. The Bertz CT molecular complexity index is 483. The fraction of sp³-hybridized carbons (Fsp3) is 0.533. The quantitative estimate of drug-likeness (QED) is 0.890. The zero-order chi connectivity index (χ0) is 14.8. The predicted octanol–water partition coefficient (Wildman–Crippen LogP) is 1.62. The Balaban J connectivity index is 2.30. The lowest BCUT2D eigenvalue weighted by atomic mass is 9.86. The van der Waals surface area contributed by atoms with Gasteiger partial charge in [-0.25, -0.2) is 4.39 Å². The van der Waals surface area contributed by atoms with Gasteiger partial charge in [-0.15, -0.1) is 0 Å². The van der Waals surface area contributed by atoms with Crippen LogP contribution in [0.4, 0.5) is 4.39 Å². The number of hydrogen-bond acceptors (Lipinski definition) is 4. The third-order valence-electron chi connectivity index (χ3n) is 4.03. The van der Waals surface area contributed by atoms with Crippen LogP contribution in [0.25, 0.3) is 0 Å². The van der Waals surface area contributed by atoms with Crippen LogP contribution in [0.3, 0.4) is 0 Å². The summed E-state index contributed by atoms with van der Waals surface area (Å²) in [4.78, 5) is 8.70. The minimum atomic E-state index is -0.242. The maximum atomic E-state index is 13.2. The molecule has 0 aromatic heterocycles. The van der Waals surface area contributed by atoms with Crippen molar-refractivity contribution in [1.82, 2.24) is 9.80 Å². The normalized spacial score (nSPS) is 22.4. The molecule has 1 atom stereocenters. The van der Waals surface area contributed by atoms with Crippen molar-refractivity contribution in [2.75, 3.05) is 33.7 Å². The molecule has 0 saturated carbocycles. The summed E-state index contributed by atoms with van der Waals surface area (Å²) in [6.07, 6.45) is 0.885. The van der Waals surface area contributed by atoms with Crippen LogP contribution in [0.15, 0.2) is 29.3 Å². The number of guanidine groups is 1. The van der Waals surface area contributed by atoms with Crippen LogP contribution >= 0.6 is 0 Å². The fourth-order valence-electron chi connectivity index (χ4n) is 2.74. The van der Waals surface area contributed by atoms with E-state index in [1.54, 1.807) is 0 Å². The van der Waals surface area contributed by atoms with Gasteiger partial charge in [0.05, 0.1) is 12.1 Å². The molecule has 1 aliphatic rings. The van der Waals surface area contributed by atoms with Gasteiger partial charge in [0.15, 0.2) is 5.96 Å². The standard InChI is InChI=1S/C15H23FN4/c1-4-15(12-5-7-13(16)8-6-12)11-18-14(17)20(15)10-9-19(2)3/h5-8H,4,9-11H2,1-3H3,(H2,17,18). The van der Waals surface area contributed by atoms with Gasteiger partial charge >= 0.3 is 0 Å². The molecule has 1 aromatic carbocycles. The molecule has 0 bridgehead atoms. The molecule has 2 N–H and O–H groups in total. The van der Waals surface area contributed by atoms with Crippen molar-refractivity contribution in [1.29, 1.82) is 0 Å². The molecule has 2 rings (SSSR count). The van der Waals surface area contributed by atoms with Crippen molar-refractivity contribution in [2.24, 2.45) is 10.7 Å². The molecule has 0 saturated heterocycles. The number of hydrogen-bond donors (Lipinski definition) is 1. The van der Waals surface area contributed by atoms with E-state index in [1.165, 1.54) is 12.1 Å². The molecule has 0 radical (unpaired) electrons. The molecule has 1 aliphatic heterocycles. The summed E-state index contributed by atoms with van der Waals surface area (Å²) in [7, 11) is 4.07. The maximum Gasteiger partial charge on any atom is 0.192 e. The molecule has 1 aromatic rings. The van der Waals surface area contributed by atoms with Gasteiger partial charge in [-0.3, -0.25) is 4.99 Å². The van der Waals surface area contributed by atoms with Gasteiger partial charge in [-0.2, -0.15) is 0 Å². The number of nitrogens with zero attached hydrogens (tertiary/aromatic N) is 3. The number of rotatable bonds is 5. The van der Waals surface area contributed by atoms with Crippen LogP contribution in [-0.2, 0) is 5.54 Å². The molecule has 1 heterocycles. The second-order valence-electron chi connectivity index (χ2n) is 5.52. The van der Waals surface area contributed by atoms with E-state index in [1.807, 2.05) is 26.2 Å². The second kappa shape index (κ2) is 5.79. The summed E-state index contributed by atoms with van der Waals surface area (Å²) in [5.41, 5.74) is 6.90. The van der Waals surface area contributed by atoms with Gasteiger partial charge < -0.3 is 15.5 Å². The Morgan fingerprint density at radius 3 is 2.55 bits per heavy atom. The first-order valence-corrected chi connectivity index (χ1v) is 6.98. The first kappa shape index (κ1) is 14.8. The first-order chi connectivity index (χ1) is 9.49. The molecular weight excluding hydrogens is 255 g/mol. The van der Waals surface area contributed by atoms with Crippen LogP contribution in [0, 0.1) is 5.82 Å². The summed E-state index contributed by atoms with van der Waals surface area (Å²) in [6.45, 7) is 4.47. The van der Waals surface area contributed by atoms with Crippen molar-refractivity contribution in [3.05, 3.63) is 35.6 Å². The molecule has 0 fully saturated rings. The van der Waals surface area contributed by atoms with Crippen LogP contribution in [-0.4, -0.2) is 49.5 Å². The molecule has 0 amide bonds. The summed E-state index contributed by atoms with van der Waals surface area (Å²) >= 11 is 0. The summed E-state index contributed by atoms with van der Waals surface area (Å²) in [6, 6.07) is 6.70. The van der Waals surface area contributed by atoms with E-state index in [-0.39, 0.29) is 11.4 Å². The van der Waals surface area contributed by atoms with Crippen molar-refractivity contribution in [3.8, 4) is 0 Å². The smallest absolute Gasteiger partial charge is 0.192 e. The number of likely N-dealkylation sites (N-methyl/N-ethyl adjacent to an activating group) is 1. The molecule has 1 unspecified atom stereocenters. The molecule has 110 valence electrons. The highest BCUT2D eigenvalue weighted by molar-refractivity contribution is 5.81. The van der Waals surface area contributed by atoms with E-state index in [0.29, 0.717) is 12.5 Å². The van der Waals surface area contributed by atoms with E-state index in [2.05, 4.69) is 21.7 Å². The molecular formula is C15H23FN4. The van der Waals surface area contributed by atoms with Crippen LogP contribution in [0.5, 0.6) is 0 Å². The second-order valence-corrected chi connectivity index (χ2v) is 5.52. The lowest BCUT2D eigenvalue weighted by Gasteiger charge is -2.39. The molecule has 0 spiro atoms. The zero-order valence-electron chi connectivity index (χ0n) is 12.4. The van der Waals surface area contributed by atoms with Crippen molar-refractivity contribution in [3.63, 3.8) is 0 Å². The number of nitrogens with two attached hydrogens (primary N) is 1. The van der Waals surface area contributed by atoms with Gasteiger partial charge in [0.1, 0.15) is 5.82 Å². The average Bonchev–Trinajstić information content (AvgIpc) is 2.75. The summed E-state index contributed by atoms with van der Waals surface area (Å²) in [5.74, 6) is 0.366. The molecule has 0 aliphatic carbocycles. The number of aliphatic imine (C=N–C) groups is 1. The van der Waals surface area contributed by atoms with E-state index < -0.39 is 0 Å². The third-order valence-corrected chi connectivity index (χ3v) is 4.03. The minimum absolute atomic E-state index is 0.216. The lowest BCUT2D eigenvalue weighted by Crippen LogP contribution is -2.51. The highest BCUT2D eigenvalue weighted by Crippen LogP contribution is 2.36. The van der Waals surface area contributed by atoms with Gasteiger partial charge in [-0.1, -0.05) is 19.1 Å². The lowest BCUT2D eigenvalue weighted by molar-refractivity contribution is 0.179. The third kappa shape index (κ3) is 2.63. The van der Waals surface area contributed by atoms with Crippen molar-refractivity contribution >= 4 is 5.96 Å². The van der Waals surface area contributed by atoms with E-state index >= 15 is 0 Å². The topological polar surface area (TPSA) is 44.9 Å². The Morgan fingerprint density at radius 2 is 2.00 bits per heavy atom. The first-order valence-electron chi connectivity index (χ1n) is 6.98. The van der Waals surface area contributed by atoms with Crippen molar-refractivity contribution < 1.29 is 4.39 Å². The van der Waals surface area contributed by atoms with Gasteiger partial charge in [0, 0.05) is 13.1 Å². The SMILES string of the molecule is CCC1(c2ccc(F)cc2)CN=C(N)N1CCN(C)C. The highest BCUT2D eigenvalue weighted by atomic mass is 19.1. The monoisotopic (exact) mass is 278 g/mol. The Kier molecular flexibility index (Phi) is 4.28. The molecule has 20 heavy (non-hydrogen) atoms. The van der Waals surface area contributed by atoms with E-state index in [0.717, 1.165) is 25.1 Å². The van der Waals surface area contributed by atoms with Gasteiger partial charge in [0.25, 0.3) is 0 Å². The van der Waals surface area contributed by atoms with Crippen LogP contribution in [0.2, 0.25) is 0 Å². The Labute approximate surface area is 120 Å². The van der Waals surface area contributed by atoms with Crippen LogP contribution < -0.4 is 5.73 Å². The Morgan fingerprint density at radius 1 is 1.35 bits per heavy atom. The maximum absolute atomic E-state index is 13.2. The predicted molar refractivity (Wildman–Crippen MR) is 80.1 cm³/mol. The Hall–Kier alpha value is -1.62. The van der Waals surface area contributed by atoms with E-state index in [9.17, 15) is 4.39 Å². The highest BCUT2D eigenvalue weighted by Gasteiger charge is 2.41. The summed E-state index contributed by atoms with van der Waals surface area (Å²) in [5, 5.41) is 0. The van der Waals surface area contributed by atoms with E-state index in [4.69, 9.17) is 5.73 Å². The largest absolute Gasteiger partial charge is 0.370 e. The van der Waals surface area contributed by atoms with Crippen LogP contribution in [0.1, 0.15) is 18.9 Å². The summed E-state index contributed by atoms with van der Waals surface area (Å²) < 4.78 is 13.2. The molecule has 4 nitrogen and oxygen atoms in total. The van der Waals surface area contributed by atoms with Crippen molar-refractivity contribution in [2.45, 2.75) is 18.9 Å². The fourth-order valence-corrected chi connectivity index (χ4v) is 2.74. The number of benzene rings is 1. The average molecular weight is 278 g/mol. The van der Waals surface area contributed by atoms with Gasteiger partial charge in [-0.05, 0) is 38.2 Å². The zero-order valence-corrected chi connectivity index (χ0v) is 12.4. The van der Waals surface area contributed by atoms with Gasteiger partial charge in [0.2, 0.25) is 0 Å². The number of halogens is 1. The molecule has 5 heteroatoms.